The van der Waals surface area contributed by atoms with E-state index in [1.54, 1.807) is 11.3 Å². The maximum atomic E-state index is 11.5. The summed E-state index contributed by atoms with van der Waals surface area (Å²) in [5.41, 5.74) is 0.501. The summed E-state index contributed by atoms with van der Waals surface area (Å²) in [7, 11) is 0. The van der Waals surface area contributed by atoms with E-state index < -0.39 is 11.4 Å². The lowest BCUT2D eigenvalue weighted by atomic mass is 9.80. The molecule has 3 rings (SSSR count). The molecule has 86 valence electrons. The Morgan fingerprint density at radius 1 is 1.62 bits per heavy atom. The minimum Gasteiger partial charge on any atom is -0.481 e. The summed E-state index contributed by atoms with van der Waals surface area (Å²) in [6.45, 7) is 1.96. The van der Waals surface area contributed by atoms with Crippen molar-refractivity contribution in [3.05, 3.63) is 16.1 Å². The van der Waals surface area contributed by atoms with Gasteiger partial charge in [-0.05, 0) is 38.0 Å². The van der Waals surface area contributed by atoms with Gasteiger partial charge in [0, 0.05) is 17.5 Å². The Kier molecular flexibility index (Phi) is 2.11. The fourth-order valence-electron chi connectivity index (χ4n) is 3.07. The SMILES string of the molecule is Cc1csc(CC2(C(=O)O)CC3CC3C2)n1. The second-order valence-corrected chi connectivity index (χ2v) is 6.25. The molecule has 1 heterocycles. The number of aryl methyl sites for hydroxylation is 1. The third-order valence-electron chi connectivity index (χ3n) is 3.98. The fourth-order valence-corrected chi connectivity index (χ4v) is 3.98. The molecule has 2 atom stereocenters. The zero-order valence-electron chi connectivity index (χ0n) is 9.27. The summed E-state index contributed by atoms with van der Waals surface area (Å²) >= 11 is 1.59. The molecular weight excluding hydrogens is 222 g/mol. The van der Waals surface area contributed by atoms with Crippen molar-refractivity contribution < 1.29 is 9.90 Å². The van der Waals surface area contributed by atoms with Gasteiger partial charge < -0.3 is 5.11 Å². The van der Waals surface area contributed by atoms with Crippen molar-refractivity contribution in [1.82, 2.24) is 4.98 Å². The highest BCUT2D eigenvalue weighted by atomic mass is 32.1. The van der Waals surface area contributed by atoms with E-state index in [1.807, 2.05) is 12.3 Å². The molecule has 0 amide bonds. The molecule has 2 aliphatic rings. The van der Waals surface area contributed by atoms with E-state index in [2.05, 4.69) is 4.98 Å². The summed E-state index contributed by atoms with van der Waals surface area (Å²) in [6.07, 6.45) is 3.62. The third kappa shape index (κ3) is 1.56. The zero-order valence-corrected chi connectivity index (χ0v) is 10.1. The summed E-state index contributed by atoms with van der Waals surface area (Å²) in [5.74, 6) is 0.766. The average molecular weight is 237 g/mol. The van der Waals surface area contributed by atoms with Gasteiger partial charge in [-0.15, -0.1) is 11.3 Å². The Labute approximate surface area is 98.5 Å². The number of aromatic nitrogens is 1. The largest absolute Gasteiger partial charge is 0.481 e. The first-order chi connectivity index (χ1) is 7.59. The Balaban J connectivity index is 1.82. The van der Waals surface area contributed by atoms with Gasteiger partial charge in [0.15, 0.2) is 0 Å². The minimum atomic E-state index is -0.618. The van der Waals surface area contributed by atoms with Gasteiger partial charge in [-0.25, -0.2) is 4.98 Å². The van der Waals surface area contributed by atoms with Crippen molar-refractivity contribution in [3.63, 3.8) is 0 Å². The fraction of sp³-hybridized carbons (Fsp3) is 0.667. The topological polar surface area (TPSA) is 50.2 Å². The van der Waals surface area contributed by atoms with E-state index in [4.69, 9.17) is 0 Å². The van der Waals surface area contributed by atoms with Gasteiger partial charge in [0.05, 0.1) is 10.4 Å². The van der Waals surface area contributed by atoms with E-state index in [-0.39, 0.29) is 0 Å². The normalized spacial score (nSPS) is 36.1. The van der Waals surface area contributed by atoms with Crippen molar-refractivity contribution in [1.29, 1.82) is 0 Å². The van der Waals surface area contributed by atoms with Crippen LogP contribution in [-0.4, -0.2) is 16.1 Å². The molecule has 0 aromatic carbocycles. The molecule has 0 radical (unpaired) electrons. The van der Waals surface area contributed by atoms with Crippen LogP contribution in [-0.2, 0) is 11.2 Å². The lowest BCUT2D eigenvalue weighted by molar-refractivity contribution is -0.149. The number of hydrogen-bond donors (Lipinski definition) is 1. The first kappa shape index (κ1) is 10.3. The van der Waals surface area contributed by atoms with E-state index >= 15 is 0 Å². The quantitative estimate of drug-likeness (QED) is 0.878. The van der Waals surface area contributed by atoms with Crippen LogP contribution in [0.3, 0.4) is 0 Å². The van der Waals surface area contributed by atoms with Crippen molar-refractivity contribution in [2.24, 2.45) is 17.3 Å². The Morgan fingerprint density at radius 2 is 2.31 bits per heavy atom. The van der Waals surface area contributed by atoms with Gasteiger partial charge in [-0.2, -0.15) is 0 Å². The predicted molar refractivity (Wildman–Crippen MR) is 61.5 cm³/mol. The molecule has 0 saturated heterocycles. The second-order valence-electron chi connectivity index (χ2n) is 5.31. The summed E-state index contributed by atoms with van der Waals surface area (Å²) in [5, 5.41) is 12.4. The van der Waals surface area contributed by atoms with Crippen molar-refractivity contribution in [3.8, 4) is 0 Å². The van der Waals surface area contributed by atoms with Crippen LogP contribution >= 0.6 is 11.3 Å². The molecule has 0 bridgehead atoms. The molecule has 1 aromatic rings. The lowest BCUT2D eigenvalue weighted by Crippen LogP contribution is -2.31. The molecule has 2 saturated carbocycles. The molecule has 4 heteroatoms. The van der Waals surface area contributed by atoms with Crippen LogP contribution in [0.25, 0.3) is 0 Å². The van der Waals surface area contributed by atoms with Gasteiger partial charge >= 0.3 is 5.97 Å². The number of rotatable bonds is 3. The highest BCUT2D eigenvalue weighted by Gasteiger charge is 2.57. The number of carboxylic acid groups (broad SMARTS) is 1. The van der Waals surface area contributed by atoms with Crippen LogP contribution in [0.15, 0.2) is 5.38 Å². The number of aliphatic carboxylic acids is 1. The number of carboxylic acids is 1. The van der Waals surface area contributed by atoms with Crippen molar-refractivity contribution in [2.45, 2.75) is 32.6 Å². The predicted octanol–water partition coefficient (Wildman–Crippen LogP) is 2.49. The highest BCUT2D eigenvalue weighted by molar-refractivity contribution is 7.09. The smallest absolute Gasteiger partial charge is 0.310 e. The highest BCUT2D eigenvalue weighted by Crippen LogP contribution is 2.61. The van der Waals surface area contributed by atoms with E-state index in [0.717, 1.165) is 23.5 Å². The van der Waals surface area contributed by atoms with Gasteiger partial charge in [0.25, 0.3) is 0 Å². The van der Waals surface area contributed by atoms with Crippen LogP contribution in [0.1, 0.15) is 30.0 Å². The molecule has 2 unspecified atom stereocenters. The number of carbonyl (C=O) groups is 1. The molecule has 2 fully saturated rings. The van der Waals surface area contributed by atoms with Crippen molar-refractivity contribution in [2.75, 3.05) is 0 Å². The second kappa shape index (κ2) is 3.29. The van der Waals surface area contributed by atoms with Crippen LogP contribution < -0.4 is 0 Å². The van der Waals surface area contributed by atoms with Crippen LogP contribution in [0, 0.1) is 24.2 Å². The minimum absolute atomic E-state index is 0.502. The van der Waals surface area contributed by atoms with Gasteiger partial charge in [0.2, 0.25) is 0 Å². The molecule has 0 aliphatic heterocycles. The molecular formula is C12H15NO2S. The first-order valence-corrected chi connectivity index (χ1v) is 6.61. The van der Waals surface area contributed by atoms with E-state index in [9.17, 15) is 9.90 Å². The number of hydrogen-bond acceptors (Lipinski definition) is 3. The number of fused-ring (bicyclic) bond motifs is 1. The molecule has 1 N–H and O–H groups in total. The van der Waals surface area contributed by atoms with Gasteiger partial charge in [-0.1, -0.05) is 0 Å². The van der Waals surface area contributed by atoms with Gasteiger partial charge in [0.1, 0.15) is 0 Å². The van der Waals surface area contributed by atoms with Crippen molar-refractivity contribution >= 4 is 17.3 Å². The molecule has 1 aromatic heterocycles. The Morgan fingerprint density at radius 3 is 2.81 bits per heavy atom. The summed E-state index contributed by atoms with van der Waals surface area (Å²) in [6, 6.07) is 0. The maximum absolute atomic E-state index is 11.5. The molecule has 2 aliphatic carbocycles. The maximum Gasteiger partial charge on any atom is 0.310 e. The summed E-state index contributed by atoms with van der Waals surface area (Å²) in [4.78, 5) is 15.9. The Hall–Kier alpha value is -0.900. The van der Waals surface area contributed by atoms with Crippen LogP contribution in [0.4, 0.5) is 0 Å². The van der Waals surface area contributed by atoms with Gasteiger partial charge in [-0.3, -0.25) is 4.79 Å². The van der Waals surface area contributed by atoms with E-state index in [0.29, 0.717) is 18.3 Å². The molecule has 16 heavy (non-hydrogen) atoms. The lowest BCUT2D eigenvalue weighted by Gasteiger charge is -2.24. The van der Waals surface area contributed by atoms with Crippen LogP contribution in [0.2, 0.25) is 0 Å². The first-order valence-electron chi connectivity index (χ1n) is 5.73. The third-order valence-corrected chi connectivity index (χ3v) is 4.95. The van der Waals surface area contributed by atoms with Crippen LogP contribution in [0.5, 0.6) is 0 Å². The molecule has 3 nitrogen and oxygen atoms in total. The van der Waals surface area contributed by atoms with E-state index in [1.165, 1.54) is 6.42 Å². The standard InChI is InChI=1S/C12H15NO2S/c1-7-6-16-10(13-7)5-12(11(14)15)3-8-2-9(8)4-12/h6,8-9H,2-5H2,1H3,(H,14,15). The average Bonchev–Trinajstić information content (AvgIpc) is 2.65. The number of nitrogens with zero attached hydrogens (tertiary/aromatic N) is 1. The monoisotopic (exact) mass is 237 g/mol. The zero-order chi connectivity index (χ0) is 11.3. The Bertz CT molecular complexity index is 430. The summed E-state index contributed by atoms with van der Waals surface area (Å²) < 4.78 is 0. The molecule has 0 spiro atoms. The number of thiazole rings is 1.